The van der Waals surface area contributed by atoms with Crippen LogP contribution < -0.4 is 0 Å². The summed E-state index contributed by atoms with van der Waals surface area (Å²) in [5.74, 6) is 3.49. The Hall–Kier alpha value is -0.605. The van der Waals surface area contributed by atoms with Gasteiger partial charge in [-0.3, -0.25) is 4.79 Å². The Morgan fingerprint density at radius 2 is 1.90 bits per heavy atom. The van der Waals surface area contributed by atoms with Gasteiger partial charge in [0.1, 0.15) is 0 Å². The number of fused-ring (bicyclic) bond motifs is 5. The first-order valence-electron chi connectivity index (χ1n) is 12.5. The lowest BCUT2D eigenvalue weighted by Crippen LogP contribution is -2.51. The highest BCUT2D eigenvalue weighted by Gasteiger charge is 2.60. The number of carbonyl (C=O) groups excluding carboxylic acids is 1. The highest BCUT2D eigenvalue weighted by Crippen LogP contribution is 2.67. The maximum absolute atomic E-state index is 12.0. The van der Waals surface area contributed by atoms with Crippen molar-refractivity contribution in [2.45, 2.75) is 97.4 Å². The number of carbonyl (C=O) groups is 1. The molecule has 0 aromatic carbocycles. The molecule has 29 heavy (non-hydrogen) atoms. The average Bonchev–Trinajstić information content (AvgIpc) is 3.30. The Kier molecular flexibility index (Phi) is 5.26. The summed E-state index contributed by atoms with van der Waals surface area (Å²) in [6.45, 7) is 8.12. The van der Waals surface area contributed by atoms with E-state index in [0.29, 0.717) is 23.2 Å². The van der Waals surface area contributed by atoms with Crippen molar-refractivity contribution in [2.75, 3.05) is 6.61 Å². The third-order valence-corrected chi connectivity index (χ3v) is 10.1. The van der Waals surface area contributed by atoms with Crippen LogP contribution in [0.2, 0.25) is 6.32 Å². The van der Waals surface area contributed by atoms with Crippen molar-refractivity contribution in [3.8, 4) is 0 Å². The van der Waals surface area contributed by atoms with E-state index in [4.69, 9.17) is 9.31 Å². The van der Waals surface area contributed by atoms with Crippen LogP contribution >= 0.6 is 0 Å². The quantitative estimate of drug-likeness (QED) is 0.558. The fourth-order valence-corrected chi connectivity index (χ4v) is 8.42. The Balaban J connectivity index is 1.33. The summed E-state index contributed by atoms with van der Waals surface area (Å²) in [5.41, 5.74) is 2.19. The number of unbranched alkanes of at least 4 members (excludes halogenated alkanes) is 1. The van der Waals surface area contributed by atoms with Gasteiger partial charge < -0.3 is 9.31 Å². The van der Waals surface area contributed by atoms with Gasteiger partial charge >= 0.3 is 7.12 Å². The van der Waals surface area contributed by atoms with Crippen LogP contribution in [0.25, 0.3) is 0 Å². The molecule has 160 valence electrons. The summed E-state index contributed by atoms with van der Waals surface area (Å²) in [6.07, 6.45) is 15.5. The third kappa shape index (κ3) is 3.19. The summed E-state index contributed by atoms with van der Waals surface area (Å²) < 4.78 is 12.5. The number of rotatable bonds is 4. The molecule has 0 aromatic heterocycles. The van der Waals surface area contributed by atoms with Crippen LogP contribution in [-0.4, -0.2) is 25.6 Å². The molecule has 1 heterocycles. The van der Waals surface area contributed by atoms with E-state index in [1.165, 1.54) is 50.5 Å². The maximum atomic E-state index is 12.0. The molecule has 0 spiro atoms. The van der Waals surface area contributed by atoms with Gasteiger partial charge in [0.2, 0.25) is 0 Å². The SMILES string of the molecule is CCCCB1OC[C@@H]([C@H]2CC[C@H]3[C@@H]4CCC5=CC(=O)CC[C@]5(C)[C@H]4CC[C@]23C)O1. The number of hydrogen-bond donors (Lipinski definition) is 0. The summed E-state index contributed by atoms with van der Waals surface area (Å²) in [4.78, 5) is 12.0. The number of hydrogen-bond acceptors (Lipinski definition) is 3. The van der Waals surface area contributed by atoms with Crippen LogP contribution in [-0.2, 0) is 14.1 Å². The minimum atomic E-state index is 0.0417. The highest BCUT2D eigenvalue weighted by atomic mass is 16.6. The molecular formula is C25H39BO3. The van der Waals surface area contributed by atoms with E-state index in [0.717, 1.165) is 49.9 Å². The molecule has 5 rings (SSSR count). The van der Waals surface area contributed by atoms with Crippen molar-refractivity contribution >= 4 is 12.9 Å². The van der Waals surface area contributed by atoms with Crippen molar-refractivity contribution in [3.05, 3.63) is 11.6 Å². The largest absolute Gasteiger partial charge is 0.457 e. The Labute approximate surface area is 177 Å². The number of allylic oxidation sites excluding steroid dienone is 1. The molecule has 3 nitrogen and oxygen atoms in total. The van der Waals surface area contributed by atoms with Crippen LogP contribution in [0.4, 0.5) is 0 Å². The van der Waals surface area contributed by atoms with E-state index in [9.17, 15) is 4.79 Å². The second kappa shape index (κ2) is 7.52. The van der Waals surface area contributed by atoms with Gasteiger partial charge in [-0.1, -0.05) is 39.2 Å². The summed E-state index contributed by atoms with van der Waals surface area (Å²) in [5, 5.41) is 0. The molecule has 7 atom stereocenters. The third-order valence-electron chi connectivity index (χ3n) is 10.1. The predicted molar refractivity (Wildman–Crippen MR) is 116 cm³/mol. The topological polar surface area (TPSA) is 35.5 Å². The first-order chi connectivity index (χ1) is 14.0. The van der Waals surface area contributed by atoms with Crippen molar-refractivity contribution in [2.24, 2.45) is 34.5 Å². The summed E-state index contributed by atoms with van der Waals surface area (Å²) in [7, 11) is 0.0417. The lowest BCUT2D eigenvalue weighted by molar-refractivity contribution is -0.117. The van der Waals surface area contributed by atoms with Gasteiger partial charge in [-0.05, 0) is 91.8 Å². The minimum absolute atomic E-state index is 0.0417. The van der Waals surface area contributed by atoms with Crippen molar-refractivity contribution < 1.29 is 14.1 Å². The van der Waals surface area contributed by atoms with Crippen LogP contribution in [0, 0.1) is 34.5 Å². The van der Waals surface area contributed by atoms with Gasteiger partial charge in [0.15, 0.2) is 5.78 Å². The smallest absolute Gasteiger partial charge is 0.408 e. The van der Waals surface area contributed by atoms with E-state index >= 15 is 0 Å². The highest BCUT2D eigenvalue weighted by molar-refractivity contribution is 6.45. The van der Waals surface area contributed by atoms with Gasteiger partial charge in [0.25, 0.3) is 0 Å². The van der Waals surface area contributed by atoms with Gasteiger partial charge in [0.05, 0.1) is 12.7 Å². The molecule has 0 unspecified atom stereocenters. The molecule has 5 aliphatic rings. The van der Waals surface area contributed by atoms with Crippen molar-refractivity contribution in [1.29, 1.82) is 0 Å². The molecule has 4 aliphatic carbocycles. The lowest BCUT2D eigenvalue weighted by Gasteiger charge is -2.58. The summed E-state index contributed by atoms with van der Waals surface area (Å²) in [6, 6.07) is 0. The average molecular weight is 398 g/mol. The molecule has 0 N–H and O–H groups in total. The fourth-order valence-electron chi connectivity index (χ4n) is 8.42. The molecule has 3 saturated carbocycles. The molecule has 0 aromatic rings. The molecule has 0 amide bonds. The van der Waals surface area contributed by atoms with Gasteiger partial charge in [-0.15, -0.1) is 0 Å². The first kappa shape index (κ1) is 20.3. The second-order valence-corrected chi connectivity index (χ2v) is 11.3. The monoisotopic (exact) mass is 398 g/mol. The Bertz CT molecular complexity index is 690. The second-order valence-electron chi connectivity index (χ2n) is 11.3. The van der Waals surface area contributed by atoms with E-state index in [1.54, 1.807) is 0 Å². The Morgan fingerprint density at radius 3 is 2.72 bits per heavy atom. The molecule has 4 fully saturated rings. The minimum Gasteiger partial charge on any atom is -0.408 e. The lowest BCUT2D eigenvalue weighted by atomic mass is 9.46. The maximum Gasteiger partial charge on any atom is 0.457 e. The van der Waals surface area contributed by atoms with E-state index < -0.39 is 0 Å². The normalized spacial score (nSPS) is 46.9. The van der Waals surface area contributed by atoms with E-state index in [1.807, 2.05) is 6.08 Å². The number of ketones is 1. The van der Waals surface area contributed by atoms with Crippen LogP contribution in [0.3, 0.4) is 0 Å². The Morgan fingerprint density at radius 1 is 1.07 bits per heavy atom. The molecule has 4 heteroatoms. The molecule has 0 bridgehead atoms. The fraction of sp³-hybridized carbons (Fsp3) is 0.880. The van der Waals surface area contributed by atoms with Gasteiger partial charge in [-0.25, -0.2) is 0 Å². The predicted octanol–water partition coefficient (Wildman–Crippen LogP) is 5.84. The zero-order chi connectivity index (χ0) is 20.2. The molecule has 1 saturated heterocycles. The molecule has 0 radical (unpaired) electrons. The van der Waals surface area contributed by atoms with Crippen LogP contribution in [0.15, 0.2) is 11.6 Å². The van der Waals surface area contributed by atoms with E-state index in [2.05, 4.69) is 20.8 Å². The van der Waals surface area contributed by atoms with Gasteiger partial charge in [0, 0.05) is 6.42 Å². The van der Waals surface area contributed by atoms with E-state index in [-0.39, 0.29) is 12.5 Å². The first-order valence-corrected chi connectivity index (χ1v) is 12.5. The zero-order valence-electron chi connectivity index (χ0n) is 18.8. The van der Waals surface area contributed by atoms with Crippen molar-refractivity contribution in [3.63, 3.8) is 0 Å². The standard InChI is InChI=1S/C25H39BO3/c1-4-5-14-26-28-16-23(29-26)22-9-8-20-19-7-6-17-15-18(27)10-12-24(17,2)21(19)11-13-25(20,22)3/h15,19-23H,4-14,16H2,1-3H3/t19-,20-,21-,22+,23-,24-,25-/m0/s1. The molecular weight excluding hydrogens is 359 g/mol. The van der Waals surface area contributed by atoms with Crippen molar-refractivity contribution in [1.82, 2.24) is 0 Å². The van der Waals surface area contributed by atoms with Gasteiger partial charge in [-0.2, -0.15) is 0 Å². The molecule has 1 aliphatic heterocycles. The van der Waals surface area contributed by atoms with Crippen LogP contribution in [0.1, 0.15) is 85.0 Å². The summed E-state index contributed by atoms with van der Waals surface area (Å²) >= 11 is 0. The van der Waals surface area contributed by atoms with Crippen LogP contribution in [0.5, 0.6) is 0 Å². The zero-order valence-corrected chi connectivity index (χ0v) is 18.8.